The molecule has 4 N–H and O–H groups in total. The number of urea groups is 1. The van der Waals surface area contributed by atoms with Crippen LogP contribution in [0.15, 0.2) is 0 Å². The quantitative estimate of drug-likeness (QED) is 0.563. The molecule has 1 fully saturated rings. The number of rotatable bonds is 6. The molecule has 1 aliphatic rings. The van der Waals surface area contributed by atoms with Crippen LogP contribution < -0.4 is 10.6 Å². The smallest absolute Gasteiger partial charge is 0.332 e. The van der Waals surface area contributed by atoms with E-state index in [0.29, 0.717) is 5.92 Å². The highest BCUT2D eigenvalue weighted by Crippen LogP contribution is 2.27. The van der Waals surface area contributed by atoms with E-state index in [9.17, 15) is 9.59 Å². The van der Waals surface area contributed by atoms with Crippen LogP contribution in [0.1, 0.15) is 39.0 Å². The van der Waals surface area contributed by atoms with Crippen molar-refractivity contribution < 1.29 is 19.8 Å². The molecule has 1 rings (SSSR count). The highest BCUT2D eigenvalue weighted by molar-refractivity contribution is 5.74. The molecule has 0 aromatic heterocycles. The molecule has 0 bridgehead atoms. The van der Waals surface area contributed by atoms with E-state index in [1.165, 1.54) is 12.8 Å². The molecule has 1 saturated carbocycles. The summed E-state index contributed by atoms with van der Waals surface area (Å²) in [5, 5.41) is 22.9. The van der Waals surface area contributed by atoms with Crippen molar-refractivity contribution in [1.82, 2.24) is 10.6 Å². The van der Waals surface area contributed by atoms with Crippen molar-refractivity contribution in [3.05, 3.63) is 0 Å². The van der Waals surface area contributed by atoms with E-state index in [0.717, 1.165) is 12.8 Å². The maximum absolute atomic E-state index is 11.5. The third-order valence-electron chi connectivity index (χ3n) is 3.45. The number of hydrogen-bond acceptors (Lipinski definition) is 3. The summed E-state index contributed by atoms with van der Waals surface area (Å²) in [7, 11) is 0. The molecule has 104 valence electrons. The molecular formula is C12H22N2O4. The molecule has 1 unspecified atom stereocenters. The second-order valence-corrected chi connectivity index (χ2v) is 4.88. The van der Waals surface area contributed by atoms with Crippen LogP contribution in [-0.4, -0.2) is 40.9 Å². The first-order valence-corrected chi connectivity index (χ1v) is 6.46. The maximum atomic E-state index is 11.5. The third-order valence-corrected chi connectivity index (χ3v) is 3.45. The Kier molecular flexibility index (Phi) is 5.91. The van der Waals surface area contributed by atoms with Gasteiger partial charge in [0.15, 0.2) is 6.10 Å². The number of aliphatic hydroxyl groups excluding tert-OH is 1. The van der Waals surface area contributed by atoms with Crippen LogP contribution in [0.4, 0.5) is 4.79 Å². The van der Waals surface area contributed by atoms with E-state index >= 15 is 0 Å². The summed E-state index contributed by atoms with van der Waals surface area (Å²) in [5.74, 6) is -0.725. The van der Waals surface area contributed by atoms with Gasteiger partial charge in [-0.3, -0.25) is 0 Å². The van der Waals surface area contributed by atoms with Crippen LogP contribution in [0.2, 0.25) is 0 Å². The lowest BCUT2D eigenvalue weighted by Crippen LogP contribution is -2.44. The molecule has 0 aromatic carbocycles. The van der Waals surface area contributed by atoms with Crippen molar-refractivity contribution in [3.63, 3.8) is 0 Å². The molecule has 2 atom stereocenters. The highest BCUT2D eigenvalue weighted by atomic mass is 16.4. The monoisotopic (exact) mass is 258 g/mol. The Hall–Kier alpha value is -1.30. The minimum atomic E-state index is -1.42. The number of amides is 2. The van der Waals surface area contributed by atoms with Crippen LogP contribution in [0.5, 0.6) is 0 Å². The Labute approximate surface area is 107 Å². The van der Waals surface area contributed by atoms with E-state index in [1.54, 1.807) is 0 Å². The zero-order valence-electron chi connectivity index (χ0n) is 10.7. The van der Waals surface area contributed by atoms with E-state index in [4.69, 9.17) is 10.2 Å². The van der Waals surface area contributed by atoms with Gasteiger partial charge in [-0.05, 0) is 25.7 Å². The molecule has 0 spiro atoms. The molecule has 0 aliphatic heterocycles. The Balaban J connectivity index is 2.15. The van der Waals surface area contributed by atoms with Gasteiger partial charge in [-0.2, -0.15) is 0 Å². The molecule has 18 heavy (non-hydrogen) atoms. The fraction of sp³-hybridized carbons (Fsp3) is 0.833. The van der Waals surface area contributed by atoms with Crippen LogP contribution in [0, 0.1) is 5.92 Å². The molecule has 0 heterocycles. The highest BCUT2D eigenvalue weighted by Gasteiger charge is 2.22. The fourth-order valence-electron chi connectivity index (χ4n) is 2.28. The lowest BCUT2D eigenvalue weighted by molar-refractivity contribution is -0.146. The Morgan fingerprint density at radius 2 is 1.94 bits per heavy atom. The van der Waals surface area contributed by atoms with Gasteiger partial charge in [0.25, 0.3) is 0 Å². The predicted octanol–water partition coefficient (Wildman–Crippen LogP) is 0.700. The molecule has 6 heteroatoms. The van der Waals surface area contributed by atoms with Gasteiger partial charge in [0.2, 0.25) is 0 Å². The molecule has 2 amide bonds. The molecule has 6 nitrogen and oxygen atoms in total. The molecule has 0 aromatic rings. The molecule has 1 aliphatic carbocycles. The SMILES string of the molecule is CC(NC(=O)NCC[C@H](O)C(=O)O)C1CCCC1. The van der Waals surface area contributed by atoms with Gasteiger partial charge in [-0.25, -0.2) is 9.59 Å². The summed E-state index contributed by atoms with van der Waals surface area (Å²) in [6.07, 6.45) is 3.35. The van der Waals surface area contributed by atoms with E-state index < -0.39 is 12.1 Å². The number of aliphatic carboxylic acids is 1. The number of aliphatic hydroxyl groups is 1. The lowest BCUT2D eigenvalue weighted by Gasteiger charge is -2.20. The van der Waals surface area contributed by atoms with Gasteiger partial charge in [0.1, 0.15) is 0 Å². The molecule has 0 radical (unpaired) electrons. The van der Waals surface area contributed by atoms with Crippen molar-refractivity contribution in [2.75, 3.05) is 6.54 Å². The first-order chi connectivity index (χ1) is 8.50. The van der Waals surface area contributed by atoms with Gasteiger partial charge in [-0.1, -0.05) is 12.8 Å². The van der Waals surface area contributed by atoms with Crippen molar-refractivity contribution in [1.29, 1.82) is 0 Å². The van der Waals surface area contributed by atoms with Gasteiger partial charge in [0, 0.05) is 19.0 Å². The Morgan fingerprint density at radius 3 is 2.50 bits per heavy atom. The first-order valence-electron chi connectivity index (χ1n) is 6.46. The normalized spacial score (nSPS) is 19.2. The zero-order chi connectivity index (χ0) is 13.5. The topological polar surface area (TPSA) is 98.7 Å². The van der Waals surface area contributed by atoms with Crippen LogP contribution in [-0.2, 0) is 4.79 Å². The van der Waals surface area contributed by atoms with E-state index in [-0.39, 0.29) is 25.0 Å². The van der Waals surface area contributed by atoms with Crippen molar-refractivity contribution in [3.8, 4) is 0 Å². The van der Waals surface area contributed by atoms with E-state index in [1.807, 2.05) is 6.92 Å². The standard InChI is InChI=1S/C12H22N2O4/c1-8(9-4-2-3-5-9)14-12(18)13-7-6-10(15)11(16)17/h8-10,15H,2-7H2,1H3,(H,16,17)(H2,13,14,18)/t8?,10-/m0/s1. The summed E-state index contributed by atoms with van der Waals surface area (Å²) in [6, 6.07) is -0.163. The number of carbonyl (C=O) groups is 2. The van der Waals surface area contributed by atoms with Gasteiger partial charge in [-0.15, -0.1) is 0 Å². The summed E-state index contributed by atoms with van der Waals surface area (Å²) < 4.78 is 0. The summed E-state index contributed by atoms with van der Waals surface area (Å²) >= 11 is 0. The van der Waals surface area contributed by atoms with Crippen LogP contribution >= 0.6 is 0 Å². The molecule has 0 saturated heterocycles. The number of carboxylic acids is 1. The number of carboxylic acid groups (broad SMARTS) is 1. The summed E-state index contributed by atoms with van der Waals surface area (Å²) in [5.41, 5.74) is 0. The minimum absolute atomic E-state index is 0.0144. The molecular weight excluding hydrogens is 236 g/mol. The van der Waals surface area contributed by atoms with Crippen molar-refractivity contribution in [2.24, 2.45) is 5.92 Å². The zero-order valence-corrected chi connectivity index (χ0v) is 10.7. The van der Waals surface area contributed by atoms with Crippen LogP contribution in [0.25, 0.3) is 0 Å². The Morgan fingerprint density at radius 1 is 1.33 bits per heavy atom. The third kappa shape index (κ3) is 4.91. The van der Waals surface area contributed by atoms with Crippen molar-refractivity contribution >= 4 is 12.0 Å². The van der Waals surface area contributed by atoms with Crippen LogP contribution in [0.3, 0.4) is 0 Å². The van der Waals surface area contributed by atoms with Crippen molar-refractivity contribution in [2.45, 2.75) is 51.2 Å². The number of carbonyl (C=O) groups excluding carboxylic acids is 1. The summed E-state index contributed by atoms with van der Waals surface area (Å²) in [6.45, 7) is 2.14. The lowest BCUT2D eigenvalue weighted by atomic mass is 10.0. The number of hydrogen-bond donors (Lipinski definition) is 4. The second kappa shape index (κ2) is 7.20. The largest absolute Gasteiger partial charge is 0.479 e. The van der Waals surface area contributed by atoms with Gasteiger partial charge < -0.3 is 20.8 Å². The average molecular weight is 258 g/mol. The first kappa shape index (κ1) is 14.8. The second-order valence-electron chi connectivity index (χ2n) is 4.88. The fourth-order valence-corrected chi connectivity index (χ4v) is 2.28. The van der Waals surface area contributed by atoms with Gasteiger partial charge in [0.05, 0.1) is 0 Å². The average Bonchev–Trinajstić information content (AvgIpc) is 2.81. The minimum Gasteiger partial charge on any atom is -0.479 e. The van der Waals surface area contributed by atoms with E-state index in [2.05, 4.69) is 10.6 Å². The van der Waals surface area contributed by atoms with Gasteiger partial charge >= 0.3 is 12.0 Å². The summed E-state index contributed by atoms with van der Waals surface area (Å²) in [4.78, 5) is 21.9. The number of nitrogens with one attached hydrogen (secondary N) is 2. The maximum Gasteiger partial charge on any atom is 0.332 e. The Bertz CT molecular complexity index is 290. The predicted molar refractivity (Wildman–Crippen MR) is 66.2 cm³/mol.